The summed E-state index contributed by atoms with van der Waals surface area (Å²) in [6.07, 6.45) is 0. The van der Waals surface area contributed by atoms with E-state index in [2.05, 4.69) is 5.32 Å². The van der Waals surface area contributed by atoms with Gasteiger partial charge in [0, 0.05) is 13.6 Å². The molecule has 74 valence electrons. The molecule has 0 aliphatic carbocycles. The molecule has 1 aromatic rings. The topological polar surface area (TPSA) is 58.4 Å². The average Bonchev–Trinajstić information content (AvgIpc) is 2.23. The van der Waals surface area contributed by atoms with Crippen LogP contribution in [0, 0.1) is 0 Å². The number of hydrogen-bond acceptors (Lipinski definition) is 3. The summed E-state index contributed by atoms with van der Waals surface area (Å²) in [6.45, 7) is 0.806. The third-order valence-corrected chi connectivity index (χ3v) is 2.48. The molecule has 1 aliphatic heterocycles. The summed E-state index contributed by atoms with van der Waals surface area (Å²) in [7, 11) is 1.78. The molecule has 4 heteroatoms. The first-order chi connectivity index (χ1) is 6.74. The van der Waals surface area contributed by atoms with Crippen LogP contribution in [0.3, 0.4) is 0 Å². The molecule has 14 heavy (non-hydrogen) atoms. The number of nitrogens with zero attached hydrogens (tertiary/aromatic N) is 1. The van der Waals surface area contributed by atoms with Gasteiger partial charge in [-0.1, -0.05) is 12.1 Å². The molecule has 0 saturated heterocycles. The number of para-hydroxylation sites is 1. The Bertz CT molecular complexity index is 361. The predicted octanol–water partition coefficient (Wildman–Crippen LogP) is 0.534. The molecular formula is C10H13N3O. The number of nitrogens with one attached hydrogen (secondary N) is 1. The fourth-order valence-corrected chi connectivity index (χ4v) is 1.71. The highest BCUT2D eigenvalue weighted by atomic mass is 16.2. The maximum Gasteiger partial charge on any atom is 0.246 e. The van der Waals surface area contributed by atoms with Gasteiger partial charge < -0.3 is 16.0 Å². The molecule has 1 aliphatic rings. The van der Waals surface area contributed by atoms with Crippen LogP contribution in [0.4, 0.5) is 11.4 Å². The van der Waals surface area contributed by atoms with Crippen molar-refractivity contribution in [1.29, 1.82) is 0 Å². The van der Waals surface area contributed by atoms with E-state index in [-0.39, 0.29) is 5.91 Å². The van der Waals surface area contributed by atoms with Crippen molar-refractivity contribution < 1.29 is 4.79 Å². The summed E-state index contributed by atoms with van der Waals surface area (Å²) in [5, 5.41) is 3.07. The number of likely N-dealkylation sites (N-methyl/N-ethyl adjacent to an activating group) is 1. The molecule has 0 radical (unpaired) electrons. The second-order valence-corrected chi connectivity index (χ2v) is 3.32. The number of nitrogens with two attached hydrogens (primary N) is 1. The predicted molar refractivity (Wildman–Crippen MR) is 56.2 cm³/mol. The van der Waals surface area contributed by atoms with E-state index in [1.165, 1.54) is 0 Å². The summed E-state index contributed by atoms with van der Waals surface area (Å²) in [5.41, 5.74) is 8.50. The van der Waals surface area contributed by atoms with Gasteiger partial charge in [-0.15, -0.1) is 0 Å². The third kappa shape index (κ3) is 1.24. The van der Waals surface area contributed by atoms with Crippen LogP contribution in [0.25, 0.3) is 0 Å². The number of carbonyl (C=O) groups excluding carboxylic acids is 1. The summed E-state index contributed by atoms with van der Waals surface area (Å²) in [4.78, 5) is 13.1. The normalized spacial score (nSPS) is 15.0. The minimum Gasteiger partial charge on any atom is -0.374 e. The zero-order valence-electron chi connectivity index (χ0n) is 8.08. The molecule has 0 saturated carbocycles. The lowest BCUT2D eigenvalue weighted by molar-refractivity contribution is -0.116. The van der Waals surface area contributed by atoms with E-state index in [1.54, 1.807) is 11.9 Å². The van der Waals surface area contributed by atoms with Crippen LogP contribution in [-0.4, -0.2) is 19.5 Å². The van der Waals surface area contributed by atoms with E-state index < -0.39 is 0 Å². The SMILES string of the molecule is CN1C(=O)CNc2cccc(CN)c21. The van der Waals surface area contributed by atoms with Crippen LogP contribution in [0.1, 0.15) is 5.56 Å². The lowest BCUT2D eigenvalue weighted by atomic mass is 10.1. The zero-order chi connectivity index (χ0) is 10.1. The van der Waals surface area contributed by atoms with Crippen molar-refractivity contribution in [3.05, 3.63) is 23.8 Å². The highest BCUT2D eigenvalue weighted by Crippen LogP contribution is 2.31. The highest BCUT2D eigenvalue weighted by Gasteiger charge is 2.22. The largest absolute Gasteiger partial charge is 0.374 e. The molecule has 2 rings (SSSR count). The van der Waals surface area contributed by atoms with Crippen LogP contribution in [0.15, 0.2) is 18.2 Å². The van der Waals surface area contributed by atoms with E-state index in [0.29, 0.717) is 13.1 Å². The number of fused-ring (bicyclic) bond motifs is 1. The fraction of sp³-hybridized carbons (Fsp3) is 0.300. The first-order valence-electron chi connectivity index (χ1n) is 4.56. The summed E-state index contributed by atoms with van der Waals surface area (Å²) >= 11 is 0. The number of rotatable bonds is 1. The fourth-order valence-electron chi connectivity index (χ4n) is 1.71. The van der Waals surface area contributed by atoms with E-state index in [1.807, 2.05) is 18.2 Å². The zero-order valence-corrected chi connectivity index (χ0v) is 8.08. The Morgan fingerprint density at radius 1 is 1.57 bits per heavy atom. The van der Waals surface area contributed by atoms with E-state index in [9.17, 15) is 4.79 Å². The van der Waals surface area contributed by atoms with Gasteiger partial charge in [-0.05, 0) is 11.6 Å². The number of benzene rings is 1. The van der Waals surface area contributed by atoms with Crippen molar-refractivity contribution in [1.82, 2.24) is 0 Å². The molecule has 3 N–H and O–H groups in total. The van der Waals surface area contributed by atoms with Crippen LogP contribution >= 0.6 is 0 Å². The van der Waals surface area contributed by atoms with Crippen LogP contribution in [-0.2, 0) is 11.3 Å². The Labute approximate surface area is 82.7 Å². The molecule has 0 bridgehead atoms. The first kappa shape index (κ1) is 9.02. The minimum atomic E-state index is 0.0680. The van der Waals surface area contributed by atoms with Gasteiger partial charge >= 0.3 is 0 Å². The quantitative estimate of drug-likeness (QED) is 0.681. The molecule has 0 aromatic heterocycles. The van der Waals surface area contributed by atoms with Crippen LogP contribution < -0.4 is 16.0 Å². The summed E-state index contributed by atoms with van der Waals surface area (Å²) in [5.74, 6) is 0.0680. The second-order valence-electron chi connectivity index (χ2n) is 3.32. The molecule has 1 heterocycles. The summed E-state index contributed by atoms with van der Waals surface area (Å²) in [6, 6.07) is 5.84. The van der Waals surface area contributed by atoms with Crippen LogP contribution in [0.5, 0.6) is 0 Å². The lowest BCUT2D eigenvalue weighted by Crippen LogP contribution is -2.37. The maximum atomic E-state index is 11.4. The first-order valence-corrected chi connectivity index (χ1v) is 4.56. The van der Waals surface area contributed by atoms with Gasteiger partial charge in [-0.2, -0.15) is 0 Å². The molecule has 4 nitrogen and oxygen atoms in total. The Morgan fingerprint density at radius 3 is 3.07 bits per heavy atom. The van der Waals surface area contributed by atoms with Crippen molar-refractivity contribution in [3.63, 3.8) is 0 Å². The molecule has 0 atom stereocenters. The molecule has 0 fully saturated rings. The van der Waals surface area contributed by atoms with Gasteiger partial charge in [0.2, 0.25) is 5.91 Å². The lowest BCUT2D eigenvalue weighted by Gasteiger charge is -2.28. The number of carbonyl (C=O) groups is 1. The van der Waals surface area contributed by atoms with Gasteiger partial charge in [-0.3, -0.25) is 4.79 Å². The Morgan fingerprint density at radius 2 is 2.36 bits per heavy atom. The second kappa shape index (κ2) is 3.31. The minimum absolute atomic E-state index is 0.0680. The van der Waals surface area contributed by atoms with Crippen molar-refractivity contribution in [3.8, 4) is 0 Å². The Balaban J connectivity index is 2.55. The van der Waals surface area contributed by atoms with Crippen molar-refractivity contribution >= 4 is 17.3 Å². The summed E-state index contributed by atoms with van der Waals surface area (Å²) < 4.78 is 0. The van der Waals surface area contributed by atoms with Gasteiger partial charge in [0.1, 0.15) is 0 Å². The van der Waals surface area contributed by atoms with E-state index in [0.717, 1.165) is 16.9 Å². The van der Waals surface area contributed by atoms with Gasteiger partial charge in [0.05, 0.1) is 17.9 Å². The van der Waals surface area contributed by atoms with Crippen LogP contribution in [0.2, 0.25) is 0 Å². The van der Waals surface area contributed by atoms with Crippen molar-refractivity contribution in [2.24, 2.45) is 5.73 Å². The maximum absolute atomic E-state index is 11.4. The van der Waals surface area contributed by atoms with Gasteiger partial charge in [-0.25, -0.2) is 0 Å². The van der Waals surface area contributed by atoms with Crippen molar-refractivity contribution in [2.45, 2.75) is 6.54 Å². The third-order valence-electron chi connectivity index (χ3n) is 2.48. The average molecular weight is 191 g/mol. The van der Waals surface area contributed by atoms with E-state index >= 15 is 0 Å². The molecule has 0 spiro atoms. The van der Waals surface area contributed by atoms with Gasteiger partial charge in [0.25, 0.3) is 0 Å². The Hall–Kier alpha value is -1.55. The standard InChI is InChI=1S/C10H13N3O/c1-13-9(14)6-12-8-4-2-3-7(5-11)10(8)13/h2-4,12H,5-6,11H2,1H3. The smallest absolute Gasteiger partial charge is 0.246 e. The molecular weight excluding hydrogens is 178 g/mol. The molecule has 1 aromatic carbocycles. The van der Waals surface area contributed by atoms with E-state index in [4.69, 9.17) is 5.73 Å². The highest BCUT2D eigenvalue weighted by molar-refractivity contribution is 6.03. The number of hydrogen-bond donors (Lipinski definition) is 2. The number of amides is 1. The molecule has 1 amide bonds. The monoisotopic (exact) mass is 191 g/mol. The Kier molecular flexibility index (Phi) is 2.13. The molecule has 0 unspecified atom stereocenters. The number of anilines is 2. The van der Waals surface area contributed by atoms with Gasteiger partial charge in [0.15, 0.2) is 0 Å². The van der Waals surface area contributed by atoms with Crippen molar-refractivity contribution in [2.75, 3.05) is 23.8 Å².